The van der Waals surface area contributed by atoms with Crippen molar-refractivity contribution in [2.24, 2.45) is 5.92 Å². The summed E-state index contributed by atoms with van der Waals surface area (Å²) in [5.41, 5.74) is 4.01. The highest BCUT2D eigenvalue weighted by Crippen LogP contribution is 2.29. The van der Waals surface area contributed by atoms with Gasteiger partial charge in [-0.3, -0.25) is 4.79 Å². The third kappa shape index (κ3) is 3.93. The predicted molar refractivity (Wildman–Crippen MR) is 102 cm³/mol. The van der Waals surface area contributed by atoms with Crippen LogP contribution >= 0.6 is 0 Å². The highest BCUT2D eigenvalue weighted by molar-refractivity contribution is 5.96. The highest BCUT2D eigenvalue weighted by atomic mass is 16.1. The van der Waals surface area contributed by atoms with Gasteiger partial charge in [-0.25, -0.2) is 0 Å². The average molecular weight is 334 g/mol. The molecule has 130 valence electrons. The van der Waals surface area contributed by atoms with Crippen LogP contribution in [0.2, 0.25) is 0 Å². The topological polar surface area (TPSA) is 32.3 Å². The summed E-state index contributed by atoms with van der Waals surface area (Å²) in [6.07, 6.45) is 3.31. The summed E-state index contributed by atoms with van der Waals surface area (Å²) in [6.45, 7) is 5.24. The molecule has 3 heteroatoms. The second kappa shape index (κ2) is 7.56. The van der Waals surface area contributed by atoms with Crippen molar-refractivity contribution in [3.8, 4) is 0 Å². The van der Waals surface area contributed by atoms with Gasteiger partial charge in [-0.15, -0.1) is 0 Å². The molecule has 0 saturated heterocycles. The molecule has 3 nitrogen and oxygen atoms in total. The first-order chi connectivity index (χ1) is 12.1. The van der Waals surface area contributed by atoms with Crippen molar-refractivity contribution in [1.29, 1.82) is 0 Å². The molecule has 2 atom stereocenters. The van der Waals surface area contributed by atoms with E-state index in [1.54, 1.807) is 0 Å². The molecule has 0 spiro atoms. The van der Waals surface area contributed by atoms with Crippen molar-refractivity contribution in [3.63, 3.8) is 0 Å². The van der Waals surface area contributed by atoms with Gasteiger partial charge in [0.25, 0.3) is 5.91 Å². The van der Waals surface area contributed by atoms with Crippen LogP contribution in [0.1, 0.15) is 40.9 Å². The number of likely N-dealkylation sites (N-methyl/N-ethyl adjacent to an activating group) is 1. The maximum absolute atomic E-state index is 12.9. The van der Waals surface area contributed by atoms with Crippen LogP contribution in [0.25, 0.3) is 0 Å². The Morgan fingerprint density at radius 2 is 1.80 bits per heavy atom. The summed E-state index contributed by atoms with van der Waals surface area (Å²) in [5, 5.41) is 3.26. The summed E-state index contributed by atoms with van der Waals surface area (Å²) in [6, 6.07) is 17.8. The predicted octanol–water partition coefficient (Wildman–Crippen LogP) is 4.32. The molecule has 2 unspecified atom stereocenters. The van der Waals surface area contributed by atoms with Crippen LogP contribution in [0.5, 0.6) is 0 Å². The Morgan fingerprint density at radius 3 is 2.48 bits per heavy atom. The van der Waals surface area contributed by atoms with Gasteiger partial charge in [0.2, 0.25) is 0 Å². The minimum atomic E-state index is -0.134. The van der Waals surface area contributed by atoms with Gasteiger partial charge in [-0.1, -0.05) is 61.5 Å². The molecular weight excluding hydrogens is 308 g/mol. The van der Waals surface area contributed by atoms with Crippen molar-refractivity contribution in [1.82, 2.24) is 10.2 Å². The van der Waals surface area contributed by atoms with E-state index in [-0.39, 0.29) is 11.9 Å². The largest absolute Gasteiger partial charge is 0.376 e. The molecule has 2 aromatic carbocycles. The van der Waals surface area contributed by atoms with Gasteiger partial charge >= 0.3 is 0 Å². The Bertz CT molecular complexity index is 767. The second-order valence-electron chi connectivity index (χ2n) is 6.98. The van der Waals surface area contributed by atoms with Crippen LogP contribution in [0.4, 0.5) is 0 Å². The smallest absolute Gasteiger partial charge is 0.252 e. The second-order valence-corrected chi connectivity index (χ2v) is 6.98. The van der Waals surface area contributed by atoms with Gasteiger partial charge in [0.15, 0.2) is 0 Å². The summed E-state index contributed by atoms with van der Waals surface area (Å²) in [7, 11) is 2.11. The van der Waals surface area contributed by atoms with E-state index in [1.807, 2.05) is 49.4 Å². The van der Waals surface area contributed by atoms with Gasteiger partial charge in [-0.2, -0.15) is 0 Å². The van der Waals surface area contributed by atoms with Crippen molar-refractivity contribution in [3.05, 3.63) is 83.1 Å². The quantitative estimate of drug-likeness (QED) is 0.903. The van der Waals surface area contributed by atoms with E-state index in [0.29, 0.717) is 5.92 Å². The normalized spacial score (nSPS) is 18.4. The Labute approximate surface area is 150 Å². The Kier molecular flexibility index (Phi) is 5.22. The van der Waals surface area contributed by atoms with E-state index >= 15 is 0 Å². The van der Waals surface area contributed by atoms with Gasteiger partial charge < -0.3 is 10.2 Å². The van der Waals surface area contributed by atoms with Gasteiger partial charge in [-0.05, 0) is 36.5 Å². The monoisotopic (exact) mass is 334 g/mol. The van der Waals surface area contributed by atoms with Crippen LogP contribution in [0, 0.1) is 12.8 Å². The minimum absolute atomic E-state index is 0.0279. The Hall–Kier alpha value is -2.55. The van der Waals surface area contributed by atoms with E-state index in [1.165, 1.54) is 5.70 Å². The maximum Gasteiger partial charge on any atom is 0.252 e. The van der Waals surface area contributed by atoms with Gasteiger partial charge in [0.05, 0.1) is 6.04 Å². The molecule has 1 N–H and O–H groups in total. The number of carbonyl (C=O) groups excluding carboxylic acids is 1. The summed E-state index contributed by atoms with van der Waals surface area (Å²) < 4.78 is 0. The zero-order valence-corrected chi connectivity index (χ0v) is 15.2. The molecule has 0 saturated carbocycles. The number of aryl methyl sites for hydroxylation is 1. The average Bonchev–Trinajstić information content (AvgIpc) is 2.61. The van der Waals surface area contributed by atoms with Crippen LogP contribution in [0.3, 0.4) is 0 Å². The molecule has 0 aromatic heterocycles. The molecule has 1 aliphatic heterocycles. The van der Waals surface area contributed by atoms with Crippen LogP contribution in [-0.4, -0.2) is 24.4 Å². The number of hydrogen-bond donors (Lipinski definition) is 1. The molecule has 3 rings (SSSR count). The Balaban J connectivity index is 1.93. The lowest BCUT2D eigenvalue weighted by atomic mass is 9.95. The molecule has 1 aliphatic rings. The molecule has 1 amide bonds. The first-order valence-electron chi connectivity index (χ1n) is 8.89. The van der Waals surface area contributed by atoms with Crippen molar-refractivity contribution < 1.29 is 4.79 Å². The van der Waals surface area contributed by atoms with Crippen LogP contribution < -0.4 is 5.32 Å². The van der Waals surface area contributed by atoms with Gasteiger partial charge in [0, 0.05) is 24.9 Å². The number of allylic oxidation sites excluding steroid dienone is 1. The number of carbonyl (C=O) groups is 1. The first-order valence-corrected chi connectivity index (χ1v) is 8.89. The third-order valence-corrected chi connectivity index (χ3v) is 4.85. The summed E-state index contributed by atoms with van der Waals surface area (Å²) >= 11 is 0. The molecule has 0 aliphatic carbocycles. The van der Waals surface area contributed by atoms with Gasteiger partial charge in [0.1, 0.15) is 0 Å². The lowest BCUT2D eigenvalue weighted by Gasteiger charge is -2.35. The molecule has 25 heavy (non-hydrogen) atoms. The highest BCUT2D eigenvalue weighted by Gasteiger charge is 2.26. The Morgan fingerprint density at radius 1 is 1.12 bits per heavy atom. The molecule has 0 radical (unpaired) electrons. The lowest BCUT2D eigenvalue weighted by molar-refractivity contribution is 0.0935. The lowest BCUT2D eigenvalue weighted by Crippen LogP contribution is -2.38. The summed E-state index contributed by atoms with van der Waals surface area (Å²) in [5.74, 6) is 0.608. The maximum atomic E-state index is 12.9. The van der Waals surface area contributed by atoms with E-state index in [4.69, 9.17) is 0 Å². The number of amides is 1. The zero-order chi connectivity index (χ0) is 17.8. The molecule has 0 bridgehead atoms. The molecule has 1 heterocycles. The number of benzene rings is 2. The van der Waals surface area contributed by atoms with E-state index in [2.05, 4.69) is 42.4 Å². The van der Waals surface area contributed by atoms with Crippen LogP contribution in [-0.2, 0) is 0 Å². The minimum Gasteiger partial charge on any atom is -0.376 e. The fourth-order valence-corrected chi connectivity index (χ4v) is 3.47. The fraction of sp³-hybridized carbons (Fsp3) is 0.318. The third-order valence-electron chi connectivity index (χ3n) is 4.85. The number of nitrogens with zero attached hydrogens (tertiary/aromatic N) is 1. The van der Waals surface area contributed by atoms with Crippen molar-refractivity contribution in [2.45, 2.75) is 26.3 Å². The number of rotatable bonds is 4. The van der Waals surface area contributed by atoms with Crippen molar-refractivity contribution in [2.75, 3.05) is 13.6 Å². The fourth-order valence-electron chi connectivity index (χ4n) is 3.47. The molecule has 2 aromatic rings. The number of nitrogens with one attached hydrogen (secondary N) is 1. The molecular formula is C22H26N2O. The van der Waals surface area contributed by atoms with Crippen LogP contribution in [0.15, 0.2) is 66.4 Å². The zero-order valence-electron chi connectivity index (χ0n) is 15.2. The first kappa shape index (κ1) is 17.3. The standard InChI is InChI=1S/C22H26N2O/c1-16-13-14-20(24(3)15-16)21(18-10-5-4-6-11-18)23-22(25)19-12-8-7-9-17(19)2/h4-12,14,16,21H,13,15H2,1-3H3,(H,23,25). The SMILES string of the molecule is Cc1ccccc1C(=O)NC(C1=CCC(C)CN1C)c1ccccc1. The van der Waals surface area contributed by atoms with Crippen molar-refractivity contribution >= 4 is 5.91 Å². The number of hydrogen-bond acceptors (Lipinski definition) is 2. The van der Waals surface area contributed by atoms with E-state index < -0.39 is 0 Å². The van der Waals surface area contributed by atoms with E-state index in [9.17, 15) is 4.79 Å². The molecule has 0 fully saturated rings. The summed E-state index contributed by atoms with van der Waals surface area (Å²) in [4.78, 5) is 15.2. The van der Waals surface area contributed by atoms with E-state index in [0.717, 1.165) is 29.7 Å².